The van der Waals surface area contributed by atoms with Crippen LogP contribution in [0.4, 0.5) is 4.79 Å². The number of nitrogens with one attached hydrogen (secondary N) is 1. The largest absolute Gasteiger partial charge is 0.433 e. The first-order chi connectivity index (χ1) is 12.1. The molecule has 1 aromatic carbocycles. The Kier molecular flexibility index (Phi) is 4.02. The van der Waals surface area contributed by atoms with Crippen LogP contribution in [-0.4, -0.2) is 33.1 Å². The Morgan fingerprint density at radius 1 is 1.28 bits per heavy atom. The van der Waals surface area contributed by atoms with Crippen LogP contribution in [0, 0.1) is 0 Å². The number of thioether (sulfide) groups is 1. The Morgan fingerprint density at radius 2 is 2.12 bits per heavy atom. The molecule has 1 aliphatic heterocycles. The molecule has 1 aliphatic rings. The summed E-state index contributed by atoms with van der Waals surface area (Å²) in [5, 5.41) is 0.959. The predicted molar refractivity (Wildman–Crippen MR) is 93.4 cm³/mol. The van der Waals surface area contributed by atoms with Gasteiger partial charge in [-0.3, -0.25) is 14.5 Å². The number of rotatable bonds is 4. The molecule has 25 heavy (non-hydrogen) atoms. The third-order valence-corrected chi connectivity index (χ3v) is 5.14. The van der Waals surface area contributed by atoms with Crippen LogP contribution in [0.3, 0.4) is 0 Å². The Balaban J connectivity index is 1.45. The van der Waals surface area contributed by atoms with Gasteiger partial charge in [0.05, 0.1) is 11.0 Å². The van der Waals surface area contributed by atoms with Crippen LogP contribution in [0.5, 0.6) is 5.95 Å². The number of nitrogens with zero attached hydrogens (tertiary/aromatic N) is 2. The highest BCUT2D eigenvalue weighted by molar-refractivity contribution is 8.18. The third-order valence-electron chi connectivity index (χ3n) is 3.39. The van der Waals surface area contributed by atoms with Crippen molar-refractivity contribution in [2.45, 2.75) is 10.2 Å². The van der Waals surface area contributed by atoms with E-state index in [2.05, 4.69) is 9.97 Å². The molecule has 1 saturated heterocycles. The molecule has 0 aliphatic carbocycles. The molecule has 7 nitrogen and oxygen atoms in total. The number of hydrogen-bond donors (Lipinski definition) is 1. The van der Waals surface area contributed by atoms with Crippen molar-refractivity contribution in [2.75, 3.05) is 7.05 Å². The van der Waals surface area contributed by atoms with Gasteiger partial charge in [0.25, 0.3) is 17.1 Å². The Hall–Kier alpha value is -2.65. The lowest BCUT2D eigenvalue weighted by molar-refractivity contribution is -0.121. The van der Waals surface area contributed by atoms with Crippen molar-refractivity contribution in [3.63, 3.8) is 0 Å². The monoisotopic (exact) mass is 373 g/mol. The van der Waals surface area contributed by atoms with E-state index in [1.54, 1.807) is 12.1 Å². The van der Waals surface area contributed by atoms with Gasteiger partial charge in [-0.15, -0.1) is 0 Å². The highest BCUT2D eigenvalue weighted by Crippen LogP contribution is 2.33. The van der Waals surface area contributed by atoms with Crippen molar-refractivity contribution in [2.24, 2.45) is 0 Å². The highest BCUT2D eigenvalue weighted by atomic mass is 32.2. The Labute approximate surface area is 150 Å². The number of likely N-dealkylation sites (N-methyl/N-ethyl adjacent to an activating group) is 1. The zero-order valence-electron chi connectivity index (χ0n) is 12.9. The number of fused-ring (bicyclic) bond motifs is 1. The number of hydrogen-bond acceptors (Lipinski definition) is 7. The quantitative estimate of drug-likeness (QED) is 0.549. The van der Waals surface area contributed by atoms with Gasteiger partial charge in [0.15, 0.2) is 10.2 Å². The summed E-state index contributed by atoms with van der Waals surface area (Å²) in [5.41, 5.74) is 1.83. The summed E-state index contributed by atoms with van der Waals surface area (Å²) in [6.45, 7) is 0. The van der Waals surface area contributed by atoms with Gasteiger partial charge in [0.2, 0.25) is 0 Å². The summed E-state index contributed by atoms with van der Waals surface area (Å²) < 4.78 is 10.9. The number of H-pyrrole nitrogens is 1. The first-order valence-electron chi connectivity index (χ1n) is 7.19. The van der Waals surface area contributed by atoms with Gasteiger partial charge in [-0.25, -0.2) is 4.98 Å². The average molecular weight is 373 g/mol. The number of furan rings is 1. The number of carbonyl (C=O) groups excluding carboxylic acids is 2. The fourth-order valence-electron chi connectivity index (χ4n) is 2.13. The average Bonchev–Trinajstić information content (AvgIpc) is 3.28. The summed E-state index contributed by atoms with van der Waals surface area (Å²) in [4.78, 5) is 32.1. The van der Waals surface area contributed by atoms with Crippen LogP contribution in [0.25, 0.3) is 11.0 Å². The van der Waals surface area contributed by atoms with Crippen molar-refractivity contribution in [1.82, 2.24) is 14.9 Å². The molecule has 0 atom stereocenters. The maximum Gasteiger partial charge on any atom is 0.293 e. The van der Waals surface area contributed by atoms with E-state index in [1.165, 1.54) is 25.1 Å². The number of carbonyl (C=O) groups is 2. The van der Waals surface area contributed by atoms with E-state index in [0.29, 0.717) is 10.2 Å². The second kappa shape index (κ2) is 6.34. The smallest absolute Gasteiger partial charge is 0.293 e. The molecule has 3 heterocycles. The molecule has 2 aromatic heterocycles. The standard InChI is InChI=1S/C16H11N3O4S2/c1-19-14(20)11(24-16(19)21)8-22-12-6-7-13(23-12)25-15-17-9-4-2-3-5-10(9)18-15/h2-8H,1H3,(H,17,18)/b11-8+. The maximum absolute atomic E-state index is 11.8. The number of ether oxygens (including phenoxy) is 1. The normalized spacial score (nSPS) is 16.4. The molecule has 0 saturated carbocycles. The number of aromatic amines is 1. The molecular formula is C16H11N3O4S2. The number of imide groups is 1. The van der Waals surface area contributed by atoms with Gasteiger partial charge in [0, 0.05) is 13.1 Å². The van der Waals surface area contributed by atoms with Crippen LogP contribution >= 0.6 is 23.5 Å². The maximum atomic E-state index is 11.8. The molecule has 2 amide bonds. The van der Waals surface area contributed by atoms with Crippen molar-refractivity contribution >= 4 is 45.7 Å². The molecule has 4 rings (SSSR count). The summed E-state index contributed by atoms with van der Waals surface area (Å²) in [6, 6.07) is 11.1. The van der Waals surface area contributed by atoms with E-state index in [1.807, 2.05) is 24.3 Å². The molecule has 1 fully saturated rings. The lowest BCUT2D eigenvalue weighted by Crippen LogP contribution is -2.22. The second-order valence-electron chi connectivity index (χ2n) is 5.07. The van der Waals surface area contributed by atoms with Gasteiger partial charge in [-0.1, -0.05) is 12.1 Å². The molecule has 0 bridgehead atoms. The zero-order chi connectivity index (χ0) is 17.4. The van der Waals surface area contributed by atoms with Crippen LogP contribution in [-0.2, 0) is 4.79 Å². The number of aromatic nitrogens is 2. The molecule has 3 aromatic rings. The van der Waals surface area contributed by atoms with Crippen molar-refractivity contribution in [1.29, 1.82) is 0 Å². The van der Waals surface area contributed by atoms with E-state index in [0.717, 1.165) is 27.7 Å². The van der Waals surface area contributed by atoms with Crippen molar-refractivity contribution in [3.8, 4) is 5.95 Å². The van der Waals surface area contributed by atoms with Crippen LogP contribution in [0.15, 0.2) is 62.2 Å². The van der Waals surface area contributed by atoms with E-state index < -0.39 is 5.91 Å². The van der Waals surface area contributed by atoms with Gasteiger partial charge in [-0.2, -0.15) is 0 Å². The molecule has 1 N–H and O–H groups in total. The predicted octanol–water partition coefficient (Wildman–Crippen LogP) is 3.85. The van der Waals surface area contributed by atoms with Crippen LogP contribution < -0.4 is 4.74 Å². The minimum atomic E-state index is -0.390. The minimum absolute atomic E-state index is 0.218. The Morgan fingerprint density at radius 3 is 2.88 bits per heavy atom. The van der Waals surface area contributed by atoms with Gasteiger partial charge < -0.3 is 14.1 Å². The summed E-state index contributed by atoms with van der Waals surface area (Å²) in [5.74, 6) is -0.167. The summed E-state index contributed by atoms with van der Waals surface area (Å²) >= 11 is 2.15. The number of para-hydroxylation sites is 2. The molecule has 9 heteroatoms. The van der Waals surface area contributed by atoms with Crippen molar-refractivity contribution < 1.29 is 18.7 Å². The Bertz CT molecular complexity index is 975. The molecule has 126 valence electrons. The highest BCUT2D eigenvalue weighted by Gasteiger charge is 2.32. The minimum Gasteiger partial charge on any atom is -0.433 e. The first-order valence-corrected chi connectivity index (χ1v) is 8.82. The summed E-state index contributed by atoms with van der Waals surface area (Å²) in [6.07, 6.45) is 1.23. The lowest BCUT2D eigenvalue weighted by atomic mass is 10.3. The number of amides is 2. The molecule has 0 spiro atoms. The third kappa shape index (κ3) is 3.15. The van der Waals surface area contributed by atoms with Gasteiger partial charge >= 0.3 is 0 Å². The van der Waals surface area contributed by atoms with E-state index in [-0.39, 0.29) is 16.1 Å². The van der Waals surface area contributed by atoms with E-state index >= 15 is 0 Å². The first kappa shape index (κ1) is 15.9. The zero-order valence-corrected chi connectivity index (χ0v) is 14.5. The summed E-state index contributed by atoms with van der Waals surface area (Å²) in [7, 11) is 1.42. The SMILES string of the molecule is CN1C(=O)S/C(=C/Oc2ccc(Sc3nc4ccccc4[nH]3)o2)C1=O. The molecule has 0 unspecified atom stereocenters. The van der Waals surface area contributed by atoms with Crippen LogP contribution in [0.1, 0.15) is 0 Å². The fraction of sp³-hybridized carbons (Fsp3) is 0.0625. The van der Waals surface area contributed by atoms with Gasteiger partial charge in [-0.05, 0) is 41.7 Å². The number of imidazole rings is 1. The molecule has 0 radical (unpaired) electrons. The van der Waals surface area contributed by atoms with Gasteiger partial charge in [0.1, 0.15) is 11.2 Å². The topological polar surface area (TPSA) is 88.4 Å². The number of benzene rings is 1. The van der Waals surface area contributed by atoms with E-state index in [9.17, 15) is 9.59 Å². The van der Waals surface area contributed by atoms with Crippen molar-refractivity contribution in [3.05, 3.63) is 47.6 Å². The van der Waals surface area contributed by atoms with Crippen LogP contribution in [0.2, 0.25) is 0 Å². The molecular weight excluding hydrogens is 362 g/mol. The second-order valence-corrected chi connectivity index (χ2v) is 7.05. The van der Waals surface area contributed by atoms with E-state index in [4.69, 9.17) is 9.15 Å². The fourth-order valence-corrected chi connectivity index (χ4v) is 3.62. The lowest BCUT2D eigenvalue weighted by Gasteiger charge is -2.00.